The summed E-state index contributed by atoms with van der Waals surface area (Å²) in [7, 11) is 0. The quantitative estimate of drug-likeness (QED) is 0.324. The average Bonchev–Trinajstić information content (AvgIpc) is 3.54. The SMILES string of the molecule is CC(=O)NC(C)c1cc2cc(-c3ccc(Oc4cccc(OCC5CC5)c4)cc3)ccc2o1. The number of furan rings is 1. The lowest BCUT2D eigenvalue weighted by molar-refractivity contribution is -0.119. The maximum Gasteiger partial charge on any atom is 0.217 e. The van der Waals surface area contributed by atoms with E-state index in [0.29, 0.717) is 0 Å². The van der Waals surface area contributed by atoms with Gasteiger partial charge in [0.05, 0.1) is 12.6 Å². The van der Waals surface area contributed by atoms with E-state index in [4.69, 9.17) is 13.9 Å². The van der Waals surface area contributed by atoms with Crippen LogP contribution in [0.4, 0.5) is 0 Å². The molecule has 0 aliphatic heterocycles. The van der Waals surface area contributed by atoms with Crippen molar-refractivity contribution in [2.24, 2.45) is 5.92 Å². The molecule has 1 N–H and O–H groups in total. The summed E-state index contributed by atoms with van der Waals surface area (Å²) >= 11 is 0. The number of carbonyl (C=O) groups excluding carboxylic acids is 1. The van der Waals surface area contributed by atoms with Gasteiger partial charge >= 0.3 is 0 Å². The number of amides is 1. The van der Waals surface area contributed by atoms with Gasteiger partial charge in [-0.3, -0.25) is 4.79 Å². The van der Waals surface area contributed by atoms with Gasteiger partial charge in [-0.25, -0.2) is 0 Å². The highest BCUT2D eigenvalue weighted by Crippen LogP contribution is 2.32. The van der Waals surface area contributed by atoms with Crippen molar-refractivity contribution in [3.63, 3.8) is 0 Å². The second kappa shape index (κ2) is 9.02. The average molecular weight is 442 g/mol. The molecule has 1 aliphatic carbocycles. The van der Waals surface area contributed by atoms with Crippen LogP contribution < -0.4 is 14.8 Å². The van der Waals surface area contributed by atoms with Crippen molar-refractivity contribution < 1.29 is 18.7 Å². The Morgan fingerprint density at radius 3 is 2.48 bits per heavy atom. The third kappa shape index (κ3) is 5.20. The number of nitrogens with one attached hydrogen (secondary N) is 1. The van der Waals surface area contributed by atoms with Gasteiger partial charge in [-0.15, -0.1) is 0 Å². The van der Waals surface area contributed by atoms with Gasteiger partial charge in [0, 0.05) is 18.4 Å². The molecule has 1 aliphatic rings. The number of carbonyl (C=O) groups is 1. The normalized spacial score (nSPS) is 14.1. The standard InChI is InChI=1S/C28H27NO4/c1-18(29-19(2)30)28-15-23-14-22(10-13-27(23)33-28)21-8-11-24(12-9-21)32-26-5-3-4-25(16-26)31-17-20-6-7-20/h3-5,8-16,18,20H,6-7,17H2,1-2H3,(H,29,30). The lowest BCUT2D eigenvalue weighted by Crippen LogP contribution is -2.23. The minimum absolute atomic E-state index is 0.0801. The molecule has 0 saturated heterocycles. The Morgan fingerprint density at radius 2 is 1.73 bits per heavy atom. The number of hydrogen-bond donors (Lipinski definition) is 1. The minimum atomic E-state index is -0.174. The molecular weight excluding hydrogens is 414 g/mol. The van der Waals surface area contributed by atoms with E-state index in [1.54, 1.807) is 0 Å². The first kappa shape index (κ1) is 21.1. The number of rotatable bonds is 8. The van der Waals surface area contributed by atoms with Crippen molar-refractivity contribution in [3.05, 3.63) is 78.6 Å². The Morgan fingerprint density at radius 1 is 0.970 bits per heavy atom. The summed E-state index contributed by atoms with van der Waals surface area (Å²) in [5.74, 6) is 3.76. The number of fused-ring (bicyclic) bond motifs is 1. The molecule has 5 nitrogen and oxygen atoms in total. The lowest BCUT2D eigenvalue weighted by atomic mass is 10.0. The van der Waals surface area contributed by atoms with E-state index in [2.05, 4.69) is 11.4 Å². The van der Waals surface area contributed by atoms with Crippen molar-refractivity contribution in [1.82, 2.24) is 5.32 Å². The van der Waals surface area contributed by atoms with Crippen LogP contribution in [0.1, 0.15) is 38.5 Å². The molecule has 1 fully saturated rings. The van der Waals surface area contributed by atoms with Crippen molar-refractivity contribution in [3.8, 4) is 28.4 Å². The molecule has 5 rings (SSSR count). The zero-order valence-corrected chi connectivity index (χ0v) is 18.8. The molecule has 168 valence electrons. The predicted molar refractivity (Wildman–Crippen MR) is 129 cm³/mol. The van der Waals surface area contributed by atoms with Gasteiger partial charge in [-0.2, -0.15) is 0 Å². The fraction of sp³-hybridized carbons (Fsp3) is 0.250. The van der Waals surface area contributed by atoms with Crippen molar-refractivity contribution in [1.29, 1.82) is 0 Å². The summed E-state index contributed by atoms with van der Waals surface area (Å²) in [6.45, 7) is 4.20. The van der Waals surface area contributed by atoms with E-state index >= 15 is 0 Å². The van der Waals surface area contributed by atoms with E-state index in [1.165, 1.54) is 19.8 Å². The van der Waals surface area contributed by atoms with Gasteiger partial charge in [0.1, 0.15) is 28.6 Å². The third-order valence-corrected chi connectivity index (χ3v) is 5.79. The van der Waals surface area contributed by atoms with Crippen LogP contribution in [0.5, 0.6) is 17.2 Å². The van der Waals surface area contributed by atoms with Gasteiger partial charge in [0.25, 0.3) is 0 Å². The largest absolute Gasteiger partial charge is 0.493 e. The van der Waals surface area contributed by atoms with Crippen molar-refractivity contribution >= 4 is 16.9 Å². The van der Waals surface area contributed by atoms with Gasteiger partial charge < -0.3 is 19.2 Å². The Bertz CT molecular complexity index is 1270. The molecule has 1 aromatic heterocycles. The van der Waals surface area contributed by atoms with Crippen LogP contribution in [-0.4, -0.2) is 12.5 Å². The molecule has 5 heteroatoms. The third-order valence-electron chi connectivity index (χ3n) is 5.79. The first-order valence-electron chi connectivity index (χ1n) is 11.4. The molecule has 0 bridgehead atoms. The topological polar surface area (TPSA) is 60.7 Å². The first-order valence-corrected chi connectivity index (χ1v) is 11.4. The second-order valence-electron chi connectivity index (χ2n) is 8.68. The highest BCUT2D eigenvalue weighted by molar-refractivity contribution is 5.84. The molecular formula is C28H27NO4. The first-order chi connectivity index (χ1) is 16.0. The van der Waals surface area contributed by atoms with E-state index in [9.17, 15) is 4.79 Å². The van der Waals surface area contributed by atoms with E-state index < -0.39 is 0 Å². The summed E-state index contributed by atoms with van der Waals surface area (Å²) in [6, 6.07) is 23.7. The zero-order valence-electron chi connectivity index (χ0n) is 18.8. The highest BCUT2D eigenvalue weighted by Gasteiger charge is 2.22. The Kier molecular flexibility index (Phi) is 5.78. The van der Waals surface area contributed by atoms with Crippen LogP contribution >= 0.6 is 0 Å². The van der Waals surface area contributed by atoms with Gasteiger partial charge in [0.15, 0.2) is 0 Å². The van der Waals surface area contributed by atoms with Gasteiger partial charge in [0.2, 0.25) is 5.91 Å². The van der Waals surface area contributed by atoms with Crippen LogP contribution in [0.15, 0.2) is 77.2 Å². The monoisotopic (exact) mass is 441 g/mol. The molecule has 33 heavy (non-hydrogen) atoms. The maximum atomic E-state index is 11.3. The molecule has 1 heterocycles. The van der Waals surface area contributed by atoms with E-state index in [-0.39, 0.29) is 11.9 Å². The summed E-state index contributed by atoms with van der Waals surface area (Å²) in [5.41, 5.74) is 2.97. The van der Waals surface area contributed by atoms with E-state index in [0.717, 1.165) is 57.6 Å². The molecule has 4 aromatic rings. The number of hydrogen-bond acceptors (Lipinski definition) is 4. The van der Waals surface area contributed by atoms with Gasteiger partial charge in [-0.1, -0.05) is 24.3 Å². The van der Waals surface area contributed by atoms with Crippen LogP contribution in [0.2, 0.25) is 0 Å². The highest BCUT2D eigenvalue weighted by atomic mass is 16.5. The van der Waals surface area contributed by atoms with Crippen LogP contribution in [0.25, 0.3) is 22.1 Å². The van der Waals surface area contributed by atoms with Crippen molar-refractivity contribution in [2.75, 3.05) is 6.61 Å². The number of ether oxygens (including phenoxy) is 2. The molecule has 1 saturated carbocycles. The fourth-order valence-electron chi connectivity index (χ4n) is 3.81. The van der Waals surface area contributed by atoms with Crippen molar-refractivity contribution in [2.45, 2.75) is 32.7 Å². The summed E-state index contributed by atoms with van der Waals surface area (Å²) in [4.78, 5) is 11.3. The Hall–Kier alpha value is -3.73. The fourth-order valence-corrected chi connectivity index (χ4v) is 3.81. The lowest BCUT2D eigenvalue weighted by Gasteiger charge is -2.10. The van der Waals surface area contributed by atoms with Crippen LogP contribution in [0, 0.1) is 5.92 Å². The predicted octanol–water partition coefficient (Wildman–Crippen LogP) is 6.88. The zero-order chi connectivity index (χ0) is 22.8. The Labute approximate surface area is 193 Å². The Balaban J connectivity index is 1.28. The summed E-state index contributed by atoms with van der Waals surface area (Å²) in [5, 5.41) is 3.86. The van der Waals surface area contributed by atoms with Gasteiger partial charge in [-0.05, 0) is 79.3 Å². The maximum absolute atomic E-state index is 11.3. The molecule has 0 spiro atoms. The summed E-state index contributed by atoms with van der Waals surface area (Å²) < 4.78 is 17.8. The minimum Gasteiger partial charge on any atom is -0.493 e. The van der Waals surface area contributed by atoms with Crippen LogP contribution in [-0.2, 0) is 4.79 Å². The molecule has 1 unspecified atom stereocenters. The van der Waals surface area contributed by atoms with Crippen LogP contribution in [0.3, 0.4) is 0 Å². The molecule has 0 radical (unpaired) electrons. The second-order valence-corrected chi connectivity index (χ2v) is 8.68. The molecule has 1 amide bonds. The molecule has 3 aromatic carbocycles. The molecule has 1 atom stereocenters. The number of benzene rings is 3. The summed E-state index contributed by atoms with van der Waals surface area (Å²) in [6.07, 6.45) is 2.54. The van der Waals surface area contributed by atoms with E-state index in [1.807, 2.05) is 73.7 Å². The smallest absolute Gasteiger partial charge is 0.217 e.